The fourth-order valence-electron chi connectivity index (χ4n) is 4.03. The van der Waals surface area contributed by atoms with E-state index in [4.69, 9.17) is 0 Å². The van der Waals surface area contributed by atoms with Gasteiger partial charge in [0.15, 0.2) is 9.84 Å². The Hall–Kier alpha value is -1.93. The number of carbonyl (C=O) groups excluding carboxylic acids is 1. The third-order valence-corrected chi connectivity index (χ3v) is 7.15. The monoisotopic (exact) mass is 365 g/mol. The minimum atomic E-state index is -3.15. The lowest BCUT2D eigenvalue weighted by Gasteiger charge is -2.42. The Kier molecular flexibility index (Phi) is 3.66. The number of likely N-dealkylation sites (N-methyl/N-ethyl adjacent to an activating group) is 1. The van der Waals surface area contributed by atoms with Crippen LogP contribution in [0.25, 0.3) is 10.9 Å². The van der Waals surface area contributed by atoms with Crippen molar-refractivity contribution < 1.29 is 17.6 Å². The van der Waals surface area contributed by atoms with Crippen molar-refractivity contribution in [1.82, 2.24) is 14.8 Å². The molecule has 134 valence electrons. The second-order valence-electron chi connectivity index (χ2n) is 7.01. The number of aryl methyl sites for hydroxylation is 1. The van der Waals surface area contributed by atoms with Gasteiger partial charge in [-0.3, -0.25) is 9.69 Å². The Bertz CT molecular complexity index is 969. The number of fused-ring (bicyclic) bond motifs is 2. The average Bonchev–Trinajstić information content (AvgIpc) is 3.04. The number of piperazine rings is 1. The van der Waals surface area contributed by atoms with Crippen molar-refractivity contribution in [1.29, 1.82) is 0 Å². The van der Waals surface area contributed by atoms with Crippen molar-refractivity contribution in [2.45, 2.75) is 19.0 Å². The van der Waals surface area contributed by atoms with Crippen molar-refractivity contribution >= 4 is 26.6 Å². The number of rotatable bonds is 1. The Labute approximate surface area is 145 Å². The molecule has 3 heterocycles. The van der Waals surface area contributed by atoms with Gasteiger partial charge in [-0.15, -0.1) is 0 Å². The molecule has 0 saturated carbocycles. The van der Waals surface area contributed by atoms with Crippen LogP contribution in [0.2, 0.25) is 0 Å². The molecule has 4 rings (SSSR count). The Morgan fingerprint density at radius 3 is 2.72 bits per heavy atom. The van der Waals surface area contributed by atoms with Crippen molar-refractivity contribution in [3.63, 3.8) is 0 Å². The van der Waals surface area contributed by atoms with Crippen LogP contribution in [-0.4, -0.2) is 72.8 Å². The number of halogens is 1. The van der Waals surface area contributed by atoms with E-state index < -0.39 is 9.84 Å². The van der Waals surface area contributed by atoms with E-state index in [0.717, 1.165) is 0 Å². The van der Waals surface area contributed by atoms with Gasteiger partial charge in [0.25, 0.3) is 5.91 Å². The number of nitrogens with one attached hydrogen (secondary N) is 1. The van der Waals surface area contributed by atoms with Crippen LogP contribution in [0, 0.1) is 12.7 Å². The molecule has 1 N–H and O–H groups in total. The molecular formula is C17H20FN3O3S. The largest absolute Gasteiger partial charge is 0.350 e. The molecule has 0 radical (unpaired) electrons. The molecule has 2 atom stereocenters. The number of benzene rings is 1. The highest BCUT2D eigenvalue weighted by atomic mass is 32.2. The first kappa shape index (κ1) is 16.5. The van der Waals surface area contributed by atoms with E-state index in [0.29, 0.717) is 35.2 Å². The first-order chi connectivity index (χ1) is 11.8. The normalized spacial score (nSPS) is 26.1. The predicted octanol–water partition coefficient (Wildman–Crippen LogP) is 1.17. The van der Waals surface area contributed by atoms with Gasteiger partial charge in [-0.25, -0.2) is 12.8 Å². The molecule has 1 amide bonds. The molecule has 0 aliphatic carbocycles. The minimum Gasteiger partial charge on any atom is -0.350 e. The standard InChI is InChI=1S/C17H20FN3O3S/c1-10-12-7-11(18)3-4-13(12)19-16(10)17(22)21-6-5-20(2)14-8-25(23,24)9-15(14)21/h3-4,7,14-15,19H,5-6,8-9H2,1-2H3/t14-,15+/m1/s1. The summed E-state index contributed by atoms with van der Waals surface area (Å²) in [5, 5.41) is 0.674. The summed E-state index contributed by atoms with van der Waals surface area (Å²) in [7, 11) is -1.25. The van der Waals surface area contributed by atoms with Crippen LogP contribution in [0.5, 0.6) is 0 Å². The lowest BCUT2D eigenvalue weighted by Crippen LogP contribution is -2.59. The molecule has 0 bridgehead atoms. The van der Waals surface area contributed by atoms with E-state index >= 15 is 0 Å². The molecule has 1 aromatic heterocycles. The third-order valence-electron chi connectivity index (χ3n) is 5.45. The highest BCUT2D eigenvalue weighted by molar-refractivity contribution is 7.91. The van der Waals surface area contributed by atoms with E-state index in [1.54, 1.807) is 17.9 Å². The van der Waals surface area contributed by atoms with Crippen LogP contribution in [0.15, 0.2) is 18.2 Å². The van der Waals surface area contributed by atoms with E-state index in [-0.39, 0.29) is 35.3 Å². The summed E-state index contributed by atoms with van der Waals surface area (Å²) in [5.41, 5.74) is 1.80. The summed E-state index contributed by atoms with van der Waals surface area (Å²) in [6.07, 6.45) is 0. The minimum absolute atomic E-state index is 0.00164. The summed E-state index contributed by atoms with van der Waals surface area (Å²) in [6.45, 7) is 2.90. The van der Waals surface area contributed by atoms with Gasteiger partial charge in [-0.1, -0.05) is 0 Å². The number of hydrogen-bond acceptors (Lipinski definition) is 4. The molecule has 0 spiro atoms. The molecular weight excluding hydrogens is 345 g/mol. The van der Waals surface area contributed by atoms with Crippen molar-refractivity contribution in [2.75, 3.05) is 31.6 Å². The number of aromatic amines is 1. The third kappa shape index (κ3) is 2.64. The maximum Gasteiger partial charge on any atom is 0.270 e. The fraction of sp³-hybridized carbons (Fsp3) is 0.471. The first-order valence-electron chi connectivity index (χ1n) is 8.26. The summed E-state index contributed by atoms with van der Waals surface area (Å²) in [4.78, 5) is 19.9. The number of H-pyrrole nitrogens is 1. The van der Waals surface area contributed by atoms with Crippen molar-refractivity contribution in [3.8, 4) is 0 Å². The van der Waals surface area contributed by atoms with Gasteiger partial charge in [0.05, 0.1) is 17.5 Å². The number of carbonyl (C=O) groups is 1. The number of aromatic nitrogens is 1. The van der Waals surface area contributed by atoms with Crippen LogP contribution in [0.4, 0.5) is 4.39 Å². The molecule has 2 saturated heterocycles. The molecule has 2 fully saturated rings. The fourth-order valence-corrected chi connectivity index (χ4v) is 6.09. The second-order valence-corrected chi connectivity index (χ2v) is 9.16. The quantitative estimate of drug-likeness (QED) is 0.823. The molecule has 8 heteroatoms. The van der Waals surface area contributed by atoms with Gasteiger partial charge < -0.3 is 9.88 Å². The van der Waals surface area contributed by atoms with Crippen molar-refractivity contribution in [3.05, 3.63) is 35.3 Å². The zero-order valence-corrected chi connectivity index (χ0v) is 14.9. The van der Waals surface area contributed by atoms with Gasteiger partial charge in [-0.05, 0) is 37.7 Å². The number of sulfone groups is 1. The number of nitrogens with zero attached hydrogens (tertiary/aromatic N) is 2. The topological polar surface area (TPSA) is 73.5 Å². The van der Waals surface area contributed by atoms with Gasteiger partial charge >= 0.3 is 0 Å². The highest BCUT2D eigenvalue weighted by Gasteiger charge is 2.47. The zero-order chi connectivity index (χ0) is 17.9. The molecule has 0 unspecified atom stereocenters. The van der Waals surface area contributed by atoms with E-state index in [1.165, 1.54) is 12.1 Å². The number of amides is 1. The van der Waals surface area contributed by atoms with E-state index in [2.05, 4.69) is 4.98 Å². The van der Waals surface area contributed by atoms with Crippen LogP contribution in [0.3, 0.4) is 0 Å². The van der Waals surface area contributed by atoms with E-state index in [9.17, 15) is 17.6 Å². The van der Waals surface area contributed by atoms with Crippen LogP contribution < -0.4 is 0 Å². The average molecular weight is 365 g/mol. The Morgan fingerprint density at radius 1 is 1.24 bits per heavy atom. The smallest absolute Gasteiger partial charge is 0.270 e. The molecule has 2 aliphatic heterocycles. The van der Waals surface area contributed by atoms with Gasteiger partial charge in [0.1, 0.15) is 11.5 Å². The molecule has 6 nitrogen and oxygen atoms in total. The maximum absolute atomic E-state index is 13.5. The van der Waals surface area contributed by atoms with Crippen LogP contribution in [0.1, 0.15) is 16.1 Å². The SMILES string of the molecule is Cc1c(C(=O)N2CCN(C)[C@@H]3CS(=O)(=O)C[C@@H]32)[nH]c2ccc(F)cc12. The predicted molar refractivity (Wildman–Crippen MR) is 92.9 cm³/mol. The van der Waals surface area contributed by atoms with Gasteiger partial charge in [0.2, 0.25) is 0 Å². The summed E-state index contributed by atoms with van der Waals surface area (Å²) in [6, 6.07) is 3.87. The van der Waals surface area contributed by atoms with E-state index in [1.807, 2.05) is 11.9 Å². The Morgan fingerprint density at radius 2 is 1.96 bits per heavy atom. The number of hydrogen-bond donors (Lipinski definition) is 1. The maximum atomic E-state index is 13.5. The molecule has 1 aromatic carbocycles. The second kappa shape index (κ2) is 5.54. The summed E-state index contributed by atoms with van der Waals surface area (Å²) in [5.74, 6) is -0.472. The molecule has 25 heavy (non-hydrogen) atoms. The molecule has 2 aliphatic rings. The van der Waals surface area contributed by atoms with Gasteiger partial charge in [0, 0.05) is 30.0 Å². The first-order valence-corrected chi connectivity index (χ1v) is 10.1. The molecule has 2 aromatic rings. The lowest BCUT2D eigenvalue weighted by molar-refractivity contribution is 0.0405. The van der Waals surface area contributed by atoms with Crippen LogP contribution in [-0.2, 0) is 9.84 Å². The highest BCUT2D eigenvalue weighted by Crippen LogP contribution is 2.29. The summed E-state index contributed by atoms with van der Waals surface area (Å²) < 4.78 is 37.7. The lowest BCUT2D eigenvalue weighted by atomic mass is 10.0. The van der Waals surface area contributed by atoms with Gasteiger partial charge in [-0.2, -0.15) is 0 Å². The summed E-state index contributed by atoms with van der Waals surface area (Å²) >= 11 is 0. The zero-order valence-electron chi connectivity index (χ0n) is 14.1. The van der Waals surface area contributed by atoms with Crippen molar-refractivity contribution in [2.24, 2.45) is 0 Å². The Balaban J connectivity index is 1.72. The van der Waals surface area contributed by atoms with Crippen LogP contribution >= 0.6 is 0 Å².